The van der Waals surface area contributed by atoms with Crippen LogP contribution in [0.4, 0.5) is 0 Å². The van der Waals surface area contributed by atoms with Crippen molar-refractivity contribution in [3.05, 3.63) is 218 Å². The lowest BCUT2D eigenvalue weighted by atomic mass is 9.86. The van der Waals surface area contributed by atoms with Crippen molar-refractivity contribution in [2.45, 2.75) is 6.92 Å². The van der Waals surface area contributed by atoms with Gasteiger partial charge in [0.2, 0.25) is 0 Å². The Hall–Kier alpha value is -7.75. The molecule has 0 radical (unpaired) electrons. The first-order valence-electron chi connectivity index (χ1n) is 19.8. The fraction of sp³-hybridized carbons (Fsp3) is 0.0179. The van der Waals surface area contributed by atoms with E-state index in [-0.39, 0.29) is 0 Å². The highest BCUT2D eigenvalue weighted by Crippen LogP contribution is 2.42. The average Bonchev–Trinajstić information content (AvgIpc) is 3.30. The van der Waals surface area contributed by atoms with Crippen molar-refractivity contribution >= 4 is 39.8 Å². The van der Waals surface area contributed by atoms with Crippen LogP contribution in [0, 0.1) is 6.92 Å². The van der Waals surface area contributed by atoms with Gasteiger partial charge in [0.25, 0.3) is 0 Å². The standard InChI is InChI=1S/C56H41N3/c1-5-8-19-38-24-17-27-48(37(38)4)40-32-30-39(31-33-40)43-34-44(49-28-18-29-51-47(7-3)46(6-2)50-25-15-16-26-52(50)53(49)51)36-45(35-43)56-58-54(41-20-11-9-12-21-41)57-55(59-56)42-22-13-10-14-23-42/h5-36H,1-3H2,4H3/b19-8-. The first kappa shape index (κ1) is 36.9. The van der Waals surface area contributed by atoms with Gasteiger partial charge < -0.3 is 0 Å². The third-order valence-electron chi connectivity index (χ3n) is 11.1. The number of hydrogen-bond acceptors (Lipinski definition) is 3. The van der Waals surface area contributed by atoms with E-state index in [9.17, 15) is 0 Å². The summed E-state index contributed by atoms with van der Waals surface area (Å²) in [4.78, 5) is 15.3. The molecular weight excluding hydrogens is 715 g/mol. The lowest BCUT2D eigenvalue weighted by Gasteiger charge is -2.18. The van der Waals surface area contributed by atoms with Crippen molar-refractivity contribution in [3.63, 3.8) is 0 Å². The summed E-state index contributed by atoms with van der Waals surface area (Å²) in [6, 6.07) is 57.4. The van der Waals surface area contributed by atoms with Crippen molar-refractivity contribution < 1.29 is 0 Å². The molecule has 0 aliphatic carbocycles. The molecule has 1 heterocycles. The molecule has 0 fully saturated rings. The number of nitrogens with zero attached hydrogens (tertiary/aromatic N) is 3. The Morgan fingerprint density at radius 2 is 0.915 bits per heavy atom. The van der Waals surface area contributed by atoms with Gasteiger partial charge in [0, 0.05) is 16.7 Å². The van der Waals surface area contributed by atoms with Crippen LogP contribution in [0.3, 0.4) is 0 Å². The van der Waals surface area contributed by atoms with Gasteiger partial charge in [-0.1, -0.05) is 196 Å². The van der Waals surface area contributed by atoms with Gasteiger partial charge in [0.15, 0.2) is 17.5 Å². The second-order valence-corrected chi connectivity index (χ2v) is 14.5. The van der Waals surface area contributed by atoms with Gasteiger partial charge >= 0.3 is 0 Å². The fourth-order valence-corrected chi connectivity index (χ4v) is 8.15. The van der Waals surface area contributed by atoms with E-state index in [0.717, 1.165) is 77.2 Å². The molecular formula is C56H41N3. The molecule has 0 spiro atoms. The predicted octanol–water partition coefficient (Wildman–Crippen LogP) is 15.0. The Balaban J connectivity index is 1.29. The Morgan fingerprint density at radius 1 is 0.407 bits per heavy atom. The van der Waals surface area contributed by atoms with Crippen LogP contribution in [-0.2, 0) is 0 Å². The smallest absolute Gasteiger partial charge is 0.164 e. The second-order valence-electron chi connectivity index (χ2n) is 14.5. The van der Waals surface area contributed by atoms with E-state index in [1.807, 2.05) is 85.0 Å². The summed E-state index contributed by atoms with van der Waals surface area (Å²) in [5.74, 6) is 1.84. The number of aromatic nitrogens is 3. The number of benzene rings is 8. The molecule has 9 rings (SSSR count). The minimum atomic E-state index is 0.600. The highest BCUT2D eigenvalue weighted by atomic mass is 15.0. The molecule has 3 heteroatoms. The van der Waals surface area contributed by atoms with Crippen LogP contribution in [0.1, 0.15) is 22.3 Å². The molecule has 0 N–H and O–H groups in total. The van der Waals surface area contributed by atoms with Crippen LogP contribution >= 0.6 is 0 Å². The van der Waals surface area contributed by atoms with Gasteiger partial charge in [-0.05, 0) is 102 Å². The van der Waals surface area contributed by atoms with Gasteiger partial charge in [-0.25, -0.2) is 15.0 Å². The molecule has 0 atom stereocenters. The molecule has 280 valence electrons. The summed E-state index contributed by atoms with van der Waals surface area (Å²) in [7, 11) is 0. The molecule has 59 heavy (non-hydrogen) atoms. The number of allylic oxidation sites excluding steroid dienone is 2. The van der Waals surface area contributed by atoms with Crippen molar-refractivity contribution in [1.29, 1.82) is 0 Å². The van der Waals surface area contributed by atoms with Crippen molar-refractivity contribution in [2.24, 2.45) is 0 Å². The van der Waals surface area contributed by atoms with E-state index in [0.29, 0.717) is 17.5 Å². The maximum atomic E-state index is 5.17. The number of fused-ring (bicyclic) bond motifs is 3. The molecule has 1 aromatic heterocycles. The first-order chi connectivity index (χ1) is 29.0. The molecule has 3 nitrogen and oxygen atoms in total. The summed E-state index contributed by atoms with van der Waals surface area (Å²) < 4.78 is 0. The van der Waals surface area contributed by atoms with Gasteiger partial charge in [0.05, 0.1) is 0 Å². The van der Waals surface area contributed by atoms with Crippen molar-refractivity contribution in [3.8, 4) is 67.5 Å². The van der Waals surface area contributed by atoms with Crippen LogP contribution in [-0.4, -0.2) is 15.0 Å². The number of hydrogen-bond donors (Lipinski definition) is 0. The zero-order chi connectivity index (χ0) is 40.3. The van der Waals surface area contributed by atoms with E-state index >= 15 is 0 Å². The molecule has 0 saturated carbocycles. The normalized spacial score (nSPS) is 11.3. The minimum absolute atomic E-state index is 0.600. The van der Waals surface area contributed by atoms with Gasteiger partial charge in [-0.3, -0.25) is 0 Å². The fourth-order valence-electron chi connectivity index (χ4n) is 8.15. The van der Waals surface area contributed by atoms with E-state index < -0.39 is 0 Å². The Kier molecular flexibility index (Phi) is 10.0. The molecule has 0 aliphatic heterocycles. The van der Waals surface area contributed by atoms with Crippen LogP contribution in [0.25, 0.3) is 107 Å². The van der Waals surface area contributed by atoms with E-state index in [1.54, 1.807) is 0 Å². The van der Waals surface area contributed by atoms with E-state index in [1.165, 1.54) is 16.7 Å². The van der Waals surface area contributed by atoms with E-state index in [2.05, 4.69) is 136 Å². The topological polar surface area (TPSA) is 38.7 Å². The lowest BCUT2D eigenvalue weighted by molar-refractivity contribution is 1.07. The van der Waals surface area contributed by atoms with Crippen LogP contribution in [0.5, 0.6) is 0 Å². The SMILES string of the molecule is C=C/C=C\c1cccc(-c2ccc(-c3cc(-c4nc(-c5ccccc5)nc(-c5ccccc5)n4)cc(-c4cccc5c(C=C)c(C=C)c6ccccc6c45)c3)cc2)c1C. The van der Waals surface area contributed by atoms with Crippen LogP contribution < -0.4 is 0 Å². The zero-order valence-electron chi connectivity index (χ0n) is 32.9. The molecule has 0 amide bonds. The van der Waals surface area contributed by atoms with Gasteiger partial charge in [-0.2, -0.15) is 0 Å². The summed E-state index contributed by atoms with van der Waals surface area (Å²) in [5.41, 5.74) is 14.0. The molecule has 0 saturated heterocycles. The molecule has 8 aromatic carbocycles. The van der Waals surface area contributed by atoms with Gasteiger partial charge in [-0.15, -0.1) is 0 Å². The summed E-state index contributed by atoms with van der Waals surface area (Å²) in [6.45, 7) is 14.5. The minimum Gasteiger partial charge on any atom is -0.208 e. The predicted molar refractivity (Wildman–Crippen MR) is 252 cm³/mol. The first-order valence-corrected chi connectivity index (χ1v) is 19.8. The molecule has 9 aromatic rings. The summed E-state index contributed by atoms with van der Waals surface area (Å²) in [6.07, 6.45) is 9.79. The van der Waals surface area contributed by atoms with Crippen LogP contribution in [0.2, 0.25) is 0 Å². The Bertz CT molecular complexity index is 3030. The average molecular weight is 756 g/mol. The quantitative estimate of drug-likeness (QED) is 0.103. The number of rotatable bonds is 10. The molecule has 0 unspecified atom stereocenters. The maximum Gasteiger partial charge on any atom is 0.164 e. The highest BCUT2D eigenvalue weighted by Gasteiger charge is 2.18. The molecule has 0 bridgehead atoms. The van der Waals surface area contributed by atoms with Crippen molar-refractivity contribution in [1.82, 2.24) is 15.0 Å². The monoisotopic (exact) mass is 755 g/mol. The second kappa shape index (κ2) is 16.0. The Morgan fingerprint density at radius 3 is 1.56 bits per heavy atom. The largest absolute Gasteiger partial charge is 0.208 e. The third-order valence-corrected chi connectivity index (χ3v) is 11.1. The Labute approximate surface area is 345 Å². The van der Waals surface area contributed by atoms with Gasteiger partial charge in [0.1, 0.15) is 0 Å². The third kappa shape index (κ3) is 7.00. The van der Waals surface area contributed by atoms with E-state index in [4.69, 9.17) is 15.0 Å². The summed E-state index contributed by atoms with van der Waals surface area (Å²) in [5, 5.41) is 4.59. The zero-order valence-corrected chi connectivity index (χ0v) is 32.9. The van der Waals surface area contributed by atoms with Crippen LogP contribution in [0.15, 0.2) is 196 Å². The lowest BCUT2D eigenvalue weighted by Crippen LogP contribution is -2.00. The maximum absolute atomic E-state index is 5.17. The highest BCUT2D eigenvalue weighted by molar-refractivity contribution is 6.19. The molecule has 0 aliphatic rings. The van der Waals surface area contributed by atoms with Crippen molar-refractivity contribution in [2.75, 3.05) is 0 Å². The summed E-state index contributed by atoms with van der Waals surface area (Å²) >= 11 is 0.